The number of rotatable bonds is 10. The molecule has 0 bridgehead atoms. The Bertz CT molecular complexity index is 1150. The highest BCUT2D eigenvalue weighted by Gasteiger charge is 2.16. The minimum absolute atomic E-state index is 0.152. The van der Waals surface area contributed by atoms with Crippen molar-refractivity contribution in [3.63, 3.8) is 0 Å². The molecule has 0 aliphatic carbocycles. The Morgan fingerprint density at radius 1 is 1.09 bits per heavy atom. The number of esters is 1. The number of methoxy groups -OCH3 is 1. The van der Waals surface area contributed by atoms with Crippen molar-refractivity contribution in [2.75, 3.05) is 20.8 Å². The van der Waals surface area contributed by atoms with Crippen molar-refractivity contribution in [1.82, 2.24) is 4.90 Å². The van der Waals surface area contributed by atoms with Crippen LogP contribution in [-0.4, -0.2) is 37.5 Å². The fraction of sp³-hybridized carbons (Fsp3) is 0.259. The van der Waals surface area contributed by atoms with E-state index in [1.165, 1.54) is 7.11 Å². The standard InChI is InChI=1S/C27H28ClNO5/c1-19(10-13-26(30)32-3)14-16-34-24-8-5-4-7-21(24)18-29(2)27(31)20-11-12-22(23(28)17-20)25-9-6-15-33-25/h4-9,11-12,14-15,17H,10,13,16,18H2,1-3H3/b19-14+. The molecule has 0 unspecified atom stereocenters. The topological polar surface area (TPSA) is 69.0 Å². The van der Waals surface area contributed by atoms with Gasteiger partial charge in [-0.15, -0.1) is 0 Å². The van der Waals surface area contributed by atoms with Crippen LogP contribution in [0.2, 0.25) is 5.02 Å². The van der Waals surface area contributed by atoms with Crippen LogP contribution in [0.3, 0.4) is 0 Å². The quantitative estimate of drug-likeness (QED) is 0.256. The summed E-state index contributed by atoms with van der Waals surface area (Å²) < 4.78 is 16.0. The number of furan rings is 1. The number of halogens is 1. The average molecular weight is 482 g/mol. The molecule has 6 nitrogen and oxygen atoms in total. The van der Waals surface area contributed by atoms with Gasteiger partial charge in [0.15, 0.2) is 0 Å². The Morgan fingerprint density at radius 3 is 2.59 bits per heavy atom. The number of ether oxygens (including phenoxy) is 2. The van der Waals surface area contributed by atoms with E-state index in [9.17, 15) is 9.59 Å². The van der Waals surface area contributed by atoms with Crippen LogP contribution in [-0.2, 0) is 16.1 Å². The molecule has 1 heterocycles. The smallest absolute Gasteiger partial charge is 0.305 e. The van der Waals surface area contributed by atoms with Gasteiger partial charge < -0.3 is 18.8 Å². The molecule has 0 aliphatic rings. The third kappa shape index (κ3) is 6.75. The average Bonchev–Trinajstić information content (AvgIpc) is 3.37. The van der Waals surface area contributed by atoms with Gasteiger partial charge in [-0.2, -0.15) is 0 Å². The Morgan fingerprint density at radius 2 is 1.88 bits per heavy atom. The first kappa shape index (κ1) is 25.1. The van der Waals surface area contributed by atoms with Gasteiger partial charge in [-0.3, -0.25) is 9.59 Å². The molecule has 34 heavy (non-hydrogen) atoms. The number of nitrogens with zero attached hydrogens (tertiary/aromatic N) is 1. The number of para-hydroxylation sites is 1. The van der Waals surface area contributed by atoms with Crippen molar-refractivity contribution in [2.24, 2.45) is 0 Å². The van der Waals surface area contributed by atoms with Gasteiger partial charge in [-0.1, -0.05) is 35.4 Å². The van der Waals surface area contributed by atoms with Crippen LogP contribution < -0.4 is 4.74 Å². The van der Waals surface area contributed by atoms with Crippen molar-refractivity contribution >= 4 is 23.5 Å². The van der Waals surface area contributed by atoms with E-state index in [4.69, 9.17) is 20.8 Å². The van der Waals surface area contributed by atoms with Gasteiger partial charge >= 0.3 is 5.97 Å². The Hall–Kier alpha value is -3.51. The Labute approximate surface area is 204 Å². The predicted octanol–water partition coefficient (Wildman–Crippen LogP) is 6.15. The van der Waals surface area contributed by atoms with Gasteiger partial charge in [0, 0.05) is 36.7 Å². The van der Waals surface area contributed by atoms with Crippen LogP contribution >= 0.6 is 11.6 Å². The summed E-state index contributed by atoms with van der Waals surface area (Å²) in [6.45, 7) is 2.69. The largest absolute Gasteiger partial charge is 0.489 e. The van der Waals surface area contributed by atoms with Gasteiger partial charge in [-0.25, -0.2) is 0 Å². The molecule has 1 amide bonds. The maximum absolute atomic E-state index is 13.0. The van der Waals surface area contributed by atoms with Crippen molar-refractivity contribution in [3.05, 3.63) is 88.7 Å². The summed E-state index contributed by atoms with van der Waals surface area (Å²) in [7, 11) is 3.12. The van der Waals surface area contributed by atoms with Gasteiger partial charge in [0.05, 0.1) is 18.4 Å². The lowest BCUT2D eigenvalue weighted by Gasteiger charge is -2.20. The zero-order valence-electron chi connectivity index (χ0n) is 19.5. The van der Waals surface area contributed by atoms with Gasteiger partial charge in [0.25, 0.3) is 5.91 Å². The normalized spacial score (nSPS) is 11.2. The van der Waals surface area contributed by atoms with E-state index in [0.29, 0.717) is 48.1 Å². The lowest BCUT2D eigenvalue weighted by atomic mass is 10.1. The Balaban J connectivity index is 1.63. The summed E-state index contributed by atoms with van der Waals surface area (Å²) >= 11 is 6.40. The molecule has 0 atom stereocenters. The second-order valence-electron chi connectivity index (χ2n) is 7.88. The second kappa shape index (κ2) is 12.1. The molecule has 1 aromatic heterocycles. The molecule has 2 aromatic carbocycles. The first-order valence-corrected chi connectivity index (χ1v) is 11.3. The maximum Gasteiger partial charge on any atom is 0.305 e. The van der Waals surface area contributed by atoms with Crippen molar-refractivity contribution in [3.8, 4) is 17.1 Å². The van der Waals surface area contributed by atoms with Gasteiger partial charge in [0.1, 0.15) is 18.1 Å². The molecule has 3 rings (SSSR count). The molecule has 3 aromatic rings. The lowest BCUT2D eigenvalue weighted by Crippen LogP contribution is -2.26. The number of hydrogen-bond donors (Lipinski definition) is 0. The summed E-state index contributed by atoms with van der Waals surface area (Å²) in [6.07, 6.45) is 4.49. The first-order valence-electron chi connectivity index (χ1n) is 10.9. The molecule has 0 N–H and O–H groups in total. The van der Waals surface area contributed by atoms with Crippen molar-refractivity contribution in [1.29, 1.82) is 0 Å². The van der Waals surface area contributed by atoms with Gasteiger partial charge in [0.2, 0.25) is 0 Å². The van der Waals surface area contributed by atoms with E-state index in [1.807, 2.05) is 43.3 Å². The van der Waals surface area contributed by atoms with Gasteiger partial charge in [-0.05, 0) is 55.8 Å². The molecule has 0 saturated heterocycles. The molecule has 0 fully saturated rings. The number of amides is 1. The zero-order valence-corrected chi connectivity index (χ0v) is 20.3. The van der Waals surface area contributed by atoms with Crippen LogP contribution in [0.1, 0.15) is 35.7 Å². The summed E-state index contributed by atoms with van der Waals surface area (Å²) in [6, 6.07) is 16.4. The van der Waals surface area contributed by atoms with Crippen LogP contribution in [0.25, 0.3) is 11.3 Å². The van der Waals surface area contributed by atoms with E-state index < -0.39 is 0 Å². The first-order chi connectivity index (χ1) is 16.4. The molecule has 178 valence electrons. The zero-order chi connectivity index (χ0) is 24.5. The molecular weight excluding hydrogens is 454 g/mol. The summed E-state index contributed by atoms with van der Waals surface area (Å²) in [5.74, 6) is 0.966. The van der Waals surface area contributed by atoms with Crippen LogP contribution in [0.5, 0.6) is 5.75 Å². The summed E-state index contributed by atoms with van der Waals surface area (Å²) in [5.41, 5.74) is 3.16. The van der Waals surface area contributed by atoms with E-state index in [2.05, 4.69) is 4.74 Å². The van der Waals surface area contributed by atoms with E-state index in [0.717, 1.165) is 16.7 Å². The number of hydrogen-bond acceptors (Lipinski definition) is 5. The third-order valence-electron chi connectivity index (χ3n) is 5.35. The molecule has 0 saturated carbocycles. The molecular formula is C27H28ClNO5. The molecule has 0 spiro atoms. The fourth-order valence-corrected chi connectivity index (χ4v) is 3.65. The SMILES string of the molecule is COC(=O)CC/C(C)=C/COc1ccccc1CN(C)C(=O)c1ccc(-c2ccco2)c(Cl)c1. The van der Waals surface area contributed by atoms with Crippen molar-refractivity contribution < 1.29 is 23.5 Å². The van der Waals surface area contributed by atoms with Crippen molar-refractivity contribution in [2.45, 2.75) is 26.3 Å². The highest BCUT2D eigenvalue weighted by molar-refractivity contribution is 6.33. The Kier molecular flexibility index (Phi) is 8.93. The highest BCUT2D eigenvalue weighted by Crippen LogP contribution is 2.29. The third-order valence-corrected chi connectivity index (χ3v) is 5.66. The van der Waals surface area contributed by atoms with E-state index in [-0.39, 0.29) is 11.9 Å². The summed E-state index contributed by atoms with van der Waals surface area (Å²) in [5, 5.41) is 0.451. The lowest BCUT2D eigenvalue weighted by molar-refractivity contribution is -0.140. The fourth-order valence-electron chi connectivity index (χ4n) is 3.38. The number of allylic oxidation sites excluding steroid dienone is 1. The highest BCUT2D eigenvalue weighted by atomic mass is 35.5. The summed E-state index contributed by atoms with van der Waals surface area (Å²) in [4.78, 5) is 25.9. The number of benzene rings is 2. The molecule has 7 heteroatoms. The van der Waals surface area contributed by atoms with Crippen LogP contribution in [0, 0.1) is 0 Å². The minimum Gasteiger partial charge on any atom is -0.489 e. The molecule has 0 radical (unpaired) electrons. The molecule has 0 aliphatic heterocycles. The number of carbonyl (C=O) groups is 2. The van der Waals surface area contributed by atoms with Crippen LogP contribution in [0.15, 0.2) is 76.9 Å². The minimum atomic E-state index is -0.233. The van der Waals surface area contributed by atoms with E-state index >= 15 is 0 Å². The maximum atomic E-state index is 13.0. The van der Waals surface area contributed by atoms with E-state index in [1.54, 1.807) is 42.5 Å². The van der Waals surface area contributed by atoms with Crippen LogP contribution in [0.4, 0.5) is 0 Å². The second-order valence-corrected chi connectivity index (χ2v) is 8.29. The monoisotopic (exact) mass is 481 g/mol. The predicted molar refractivity (Wildman–Crippen MR) is 132 cm³/mol. The number of carbonyl (C=O) groups excluding carboxylic acids is 2.